The number of likely N-dealkylation sites (N-methyl/N-ethyl adjacent to an activating group) is 1. The zero-order valence-electron chi connectivity index (χ0n) is 13.8. The van der Waals surface area contributed by atoms with Gasteiger partial charge in [0, 0.05) is 12.6 Å². The van der Waals surface area contributed by atoms with Gasteiger partial charge in [-0.25, -0.2) is 9.69 Å². The predicted octanol–water partition coefficient (Wildman–Crippen LogP) is 0.935. The molecular formula is C17H21N3O4. The molecule has 2 rings (SSSR count). The molecule has 0 aliphatic carbocycles. The maximum absolute atomic E-state index is 12.0. The molecule has 128 valence electrons. The number of nitrogens with zero attached hydrogens (tertiary/aromatic N) is 2. The molecule has 0 radical (unpaired) electrons. The smallest absolute Gasteiger partial charge is 0.334 e. The van der Waals surface area contributed by atoms with Gasteiger partial charge in [0.25, 0.3) is 0 Å². The van der Waals surface area contributed by atoms with Crippen molar-refractivity contribution in [1.82, 2.24) is 15.1 Å². The minimum Gasteiger partial charge on any atom is -0.352 e. The van der Waals surface area contributed by atoms with Crippen molar-refractivity contribution in [3.8, 4) is 0 Å². The topological polar surface area (TPSA) is 86.8 Å². The van der Waals surface area contributed by atoms with Crippen LogP contribution in [0.25, 0.3) is 0 Å². The van der Waals surface area contributed by atoms with E-state index in [1.165, 1.54) is 5.56 Å². The van der Waals surface area contributed by atoms with Crippen molar-refractivity contribution in [2.45, 2.75) is 32.7 Å². The lowest BCUT2D eigenvalue weighted by atomic mass is 10.1. The quantitative estimate of drug-likeness (QED) is 0.595. The predicted molar refractivity (Wildman–Crippen MR) is 86.9 cm³/mol. The van der Waals surface area contributed by atoms with Crippen LogP contribution in [0.3, 0.4) is 0 Å². The van der Waals surface area contributed by atoms with E-state index >= 15 is 0 Å². The average Bonchev–Trinajstić information content (AvgIpc) is 2.77. The van der Waals surface area contributed by atoms with Gasteiger partial charge in [0.2, 0.25) is 5.91 Å². The first kappa shape index (κ1) is 17.7. The summed E-state index contributed by atoms with van der Waals surface area (Å²) in [4.78, 5) is 48.8. The lowest BCUT2D eigenvalue weighted by Gasteiger charge is -2.17. The summed E-state index contributed by atoms with van der Waals surface area (Å²) in [6.45, 7) is 3.13. The largest absolute Gasteiger partial charge is 0.352 e. The van der Waals surface area contributed by atoms with Gasteiger partial charge in [-0.1, -0.05) is 30.3 Å². The van der Waals surface area contributed by atoms with Gasteiger partial charge in [-0.3, -0.25) is 19.3 Å². The highest BCUT2D eigenvalue weighted by Gasteiger charge is 2.44. The second kappa shape index (κ2) is 7.72. The molecule has 7 heteroatoms. The minimum atomic E-state index is -0.950. The van der Waals surface area contributed by atoms with Gasteiger partial charge < -0.3 is 5.32 Å². The zero-order valence-corrected chi connectivity index (χ0v) is 13.8. The third-order valence-electron chi connectivity index (χ3n) is 3.87. The number of hydrogen-bond acceptors (Lipinski definition) is 4. The van der Waals surface area contributed by atoms with Crippen LogP contribution in [0.4, 0.5) is 4.79 Å². The highest BCUT2D eigenvalue weighted by molar-refractivity contribution is 6.45. The molecule has 1 aliphatic rings. The monoisotopic (exact) mass is 331 g/mol. The number of carbonyl (C=O) groups is 4. The maximum Gasteiger partial charge on any atom is 0.334 e. The van der Waals surface area contributed by atoms with Crippen LogP contribution >= 0.6 is 0 Å². The lowest BCUT2D eigenvalue weighted by molar-refractivity contribution is -0.144. The van der Waals surface area contributed by atoms with Crippen LogP contribution in [0.5, 0.6) is 0 Å². The maximum atomic E-state index is 12.0. The van der Waals surface area contributed by atoms with Crippen LogP contribution in [0.15, 0.2) is 30.3 Å². The molecule has 1 N–H and O–H groups in total. The number of aryl methyl sites for hydroxylation is 1. The van der Waals surface area contributed by atoms with Crippen LogP contribution < -0.4 is 5.32 Å². The van der Waals surface area contributed by atoms with Crippen LogP contribution in [0, 0.1) is 0 Å². The van der Waals surface area contributed by atoms with Crippen molar-refractivity contribution in [3.63, 3.8) is 0 Å². The Balaban J connectivity index is 1.83. The second-order valence-electron chi connectivity index (χ2n) is 5.72. The Morgan fingerprint density at radius 2 is 1.71 bits per heavy atom. The van der Waals surface area contributed by atoms with Crippen molar-refractivity contribution >= 4 is 23.8 Å². The van der Waals surface area contributed by atoms with Crippen LogP contribution in [-0.4, -0.2) is 52.7 Å². The summed E-state index contributed by atoms with van der Waals surface area (Å²) < 4.78 is 0. The zero-order chi connectivity index (χ0) is 17.7. The van der Waals surface area contributed by atoms with Gasteiger partial charge in [0.05, 0.1) is 0 Å². The number of amides is 5. The highest BCUT2D eigenvalue weighted by Crippen LogP contribution is 2.11. The molecule has 5 amide bonds. The Hall–Kier alpha value is -2.70. The number of nitrogens with one attached hydrogen (secondary N) is 1. The molecule has 24 heavy (non-hydrogen) atoms. The number of imide groups is 2. The molecule has 1 aromatic rings. The fourth-order valence-corrected chi connectivity index (χ4v) is 2.53. The Kier molecular flexibility index (Phi) is 5.68. The molecule has 1 aliphatic heterocycles. The Labute approximate surface area is 140 Å². The molecule has 0 aromatic heterocycles. The number of rotatable bonds is 7. The van der Waals surface area contributed by atoms with Crippen molar-refractivity contribution < 1.29 is 19.2 Å². The standard InChI is InChI=1S/C17H21N3O4/c1-3-19-15(22)16(23)20(17(19)24)11-14(21)18-12(2)9-10-13-7-5-4-6-8-13/h4-8,12H,3,9-11H2,1-2H3,(H,18,21)/t12-/m1/s1. The molecular weight excluding hydrogens is 310 g/mol. The van der Waals surface area contributed by atoms with Gasteiger partial charge >= 0.3 is 17.8 Å². The first-order chi connectivity index (χ1) is 11.4. The first-order valence-electron chi connectivity index (χ1n) is 7.94. The van der Waals surface area contributed by atoms with Crippen LogP contribution in [0.1, 0.15) is 25.8 Å². The molecule has 0 saturated carbocycles. The Bertz CT molecular complexity index is 644. The fourth-order valence-electron chi connectivity index (χ4n) is 2.53. The number of benzene rings is 1. The fraction of sp³-hybridized carbons (Fsp3) is 0.412. The third-order valence-corrected chi connectivity index (χ3v) is 3.87. The van der Waals surface area contributed by atoms with E-state index in [2.05, 4.69) is 5.32 Å². The van der Waals surface area contributed by atoms with E-state index in [1.54, 1.807) is 6.92 Å². The van der Waals surface area contributed by atoms with Gasteiger partial charge in [0.15, 0.2) is 0 Å². The molecule has 1 aromatic carbocycles. The highest BCUT2D eigenvalue weighted by atomic mass is 16.2. The summed E-state index contributed by atoms with van der Waals surface area (Å²) in [5.41, 5.74) is 1.17. The van der Waals surface area contributed by atoms with Crippen LogP contribution in [-0.2, 0) is 20.8 Å². The molecule has 0 unspecified atom stereocenters. The summed E-state index contributed by atoms with van der Waals surface area (Å²) in [5.74, 6) is -2.29. The third kappa shape index (κ3) is 3.98. The Morgan fingerprint density at radius 1 is 1.08 bits per heavy atom. The molecule has 1 fully saturated rings. The second-order valence-corrected chi connectivity index (χ2v) is 5.72. The van der Waals surface area contributed by atoms with E-state index in [0.29, 0.717) is 4.90 Å². The molecule has 1 atom stereocenters. The normalized spacial score (nSPS) is 15.8. The van der Waals surface area contributed by atoms with E-state index < -0.39 is 30.3 Å². The summed E-state index contributed by atoms with van der Waals surface area (Å²) >= 11 is 0. The van der Waals surface area contributed by atoms with E-state index in [4.69, 9.17) is 0 Å². The van der Waals surface area contributed by atoms with Gasteiger partial charge in [-0.15, -0.1) is 0 Å². The van der Waals surface area contributed by atoms with Crippen LogP contribution in [0.2, 0.25) is 0 Å². The van der Waals surface area contributed by atoms with Crippen molar-refractivity contribution in [2.75, 3.05) is 13.1 Å². The van der Waals surface area contributed by atoms with Gasteiger partial charge in [-0.05, 0) is 32.3 Å². The van der Waals surface area contributed by atoms with Crippen molar-refractivity contribution in [1.29, 1.82) is 0 Å². The van der Waals surface area contributed by atoms with E-state index in [1.807, 2.05) is 37.3 Å². The summed E-state index contributed by atoms with van der Waals surface area (Å²) in [6, 6.07) is 9.05. The average molecular weight is 331 g/mol. The molecule has 0 spiro atoms. The van der Waals surface area contributed by atoms with E-state index in [0.717, 1.165) is 17.7 Å². The summed E-state index contributed by atoms with van der Waals surface area (Å²) in [6.07, 6.45) is 1.55. The van der Waals surface area contributed by atoms with Crippen molar-refractivity contribution in [3.05, 3.63) is 35.9 Å². The number of urea groups is 1. The minimum absolute atomic E-state index is 0.106. The lowest BCUT2D eigenvalue weighted by Crippen LogP contribution is -2.44. The molecule has 1 saturated heterocycles. The van der Waals surface area contributed by atoms with E-state index in [9.17, 15) is 19.2 Å². The molecule has 0 bridgehead atoms. The van der Waals surface area contributed by atoms with Crippen molar-refractivity contribution in [2.24, 2.45) is 0 Å². The SMILES string of the molecule is CCN1C(=O)C(=O)N(CC(=O)N[C@H](C)CCc2ccccc2)C1=O. The molecule has 7 nitrogen and oxygen atoms in total. The van der Waals surface area contributed by atoms with Gasteiger partial charge in [-0.2, -0.15) is 0 Å². The van der Waals surface area contributed by atoms with Gasteiger partial charge in [0.1, 0.15) is 6.54 Å². The summed E-state index contributed by atoms with van der Waals surface area (Å²) in [5, 5.41) is 2.75. The number of hydrogen-bond donors (Lipinski definition) is 1. The summed E-state index contributed by atoms with van der Waals surface area (Å²) in [7, 11) is 0. The Morgan fingerprint density at radius 3 is 2.29 bits per heavy atom. The molecule has 1 heterocycles. The van der Waals surface area contributed by atoms with E-state index in [-0.39, 0.29) is 12.6 Å². The first-order valence-corrected chi connectivity index (χ1v) is 7.94. The number of carbonyl (C=O) groups excluding carboxylic acids is 4.